The van der Waals surface area contributed by atoms with Crippen molar-refractivity contribution in [1.29, 1.82) is 0 Å². The van der Waals surface area contributed by atoms with Crippen LogP contribution < -0.4 is 0 Å². The van der Waals surface area contributed by atoms with Crippen LogP contribution in [-0.4, -0.2) is 28.3 Å². The molecule has 0 fully saturated rings. The molecule has 0 saturated heterocycles. The third-order valence-electron chi connectivity index (χ3n) is 1.50. The molecule has 0 aliphatic rings. The van der Waals surface area contributed by atoms with Gasteiger partial charge in [-0.25, -0.2) is 0 Å². The second-order valence-electron chi connectivity index (χ2n) is 2.99. The number of carbonyl (C=O) groups is 1. The van der Waals surface area contributed by atoms with Gasteiger partial charge in [-0.3, -0.25) is 4.79 Å². The average Bonchev–Trinajstić information content (AvgIpc) is 2.47. The summed E-state index contributed by atoms with van der Waals surface area (Å²) in [7, 11) is 0. The third kappa shape index (κ3) is 4.41. The first kappa shape index (κ1) is 13.5. The van der Waals surface area contributed by atoms with Crippen molar-refractivity contribution in [2.24, 2.45) is 0 Å². The van der Waals surface area contributed by atoms with Crippen LogP contribution in [0.1, 0.15) is 11.7 Å². The van der Waals surface area contributed by atoms with E-state index in [1.807, 2.05) is 0 Å². The van der Waals surface area contributed by atoms with Gasteiger partial charge in [0.2, 0.25) is 11.7 Å². The van der Waals surface area contributed by atoms with Gasteiger partial charge in [-0.05, 0) is 0 Å². The predicted octanol–water partition coefficient (Wildman–Crippen LogP) is 1.85. The molecule has 0 spiro atoms. The Balaban J connectivity index is 2.67. The van der Waals surface area contributed by atoms with Crippen LogP contribution in [0.4, 0.5) is 26.3 Å². The zero-order valence-electron chi connectivity index (χ0n) is 7.89. The lowest BCUT2D eigenvalue weighted by Crippen LogP contribution is -2.24. The Morgan fingerprint density at radius 2 is 1.76 bits per heavy atom. The van der Waals surface area contributed by atoms with Gasteiger partial charge < -0.3 is 4.52 Å². The molecule has 0 aliphatic carbocycles. The fraction of sp³-hybridized carbons (Fsp3) is 0.571. The number of hydrogen-bond donors (Lipinski definition) is 0. The Hall–Kier alpha value is -1.61. The van der Waals surface area contributed by atoms with Gasteiger partial charge in [0.25, 0.3) is 0 Å². The van der Waals surface area contributed by atoms with Gasteiger partial charge in [0.1, 0.15) is 6.42 Å². The smallest absolute Gasteiger partial charge is 0.339 e. The normalized spacial score (nSPS) is 12.8. The first-order valence-corrected chi connectivity index (χ1v) is 4.06. The fourth-order valence-corrected chi connectivity index (χ4v) is 0.851. The number of alkyl halides is 6. The van der Waals surface area contributed by atoms with Crippen molar-refractivity contribution >= 4 is 5.78 Å². The van der Waals surface area contributed by atoms with Crippen molar-refractivity contribution in [3.05, 3.63) is 11.7 Å². The van der Waals surface area contributed by atoms with Crippen LogP contribution in [0.5, 0.6) is 0 Å². The lowest BCUT2D eigenvalue weighted by Gasteiger charge is -2.01. The third-order valence-corrected chi connectivity index (χ3v) is 1.50. The summed E-state index contributed by atoms with van der Waals surface area (Å²) in [5.74, 6) is -3.78. The Kier molecular flexibility index (Phi) is 3.43. The molecule has 1 heterocycles. The van der Waals surface area contributed by atoms with Crippen molar-refractivity contribution in [2.45, 2.75) is 25.2 Å². The molecule has 0 aromatic carbocycles. The number of ketones is 1. The Morgan fingerprint density at radius 3 is 2.24 bits per heavy atom. The molecule has 0 amide bonds. The Bertz CT molecular complexity index is 407. The van der Waals surface area contributed by atoms with Gasteiger partial charge in [0.05, 0.1) is 6.42 Å². The quantitative estimate of drug-likeness (QED) is 0.780. The SMILES string of the molecule is O=C(Cc1nc(CC(F)(F)F)no1)C(F)(F)F. The second kappa shape index (κ2) is 4.34. The monoisotopic (exact) mass is 262 g/mol. The van der Waals surface area contributed by atoms with E-state index in [1.165, 1.54) is 0 Å². The van der Waals surface area contributed by atoms with E-state index < -0.39 is 42.7 Å². The zero-order valence-corrected chi connectivity index (χ0v) is 7.89. The van der Waals surface area contributed by atoms with Crippen LogP contribution in [0.25, 0.3) is 0 Å². The summed E-state index contributed by atoms with van der Waals surface area (Å²) in [6.07, 6.45) is -12.5. The van der Waals surface area contributed by atoms with Crippen molar-refractivity contribution in [1.82, 2.24) is 10.1 Å². The van der Waals surface area contributed by atoms with Crippen LogP contribution in [0.2, 0.25) is 0 Å². The number of carbonyl (C=O) groups excluding carboxylic acids is 1. The van der Waals surface area contributed by atoms with Crippen molar-refractivity contribution in [3.8, 4) is 0 Å². The molecule has 10 heteroatoms. The summed E-state index contributed by atoms with van der Waals surface area (Å²) in [5, 5.41) is 2.81. The summed E-state index contributed by atoms with van der Waals surface area (Å²) in [4.78, 5) is 13.5. The fourth-order valence-electron chi connectivity index (χ4n) is 0.851. The molecule has 96 valence electrons. The summed E-state index contributed by atoms with van der Waals surface area (Å²) < 4.78 is 75.0. The Morgan fingerprint density at radius 1 is 1.18 bits per heavy atom. The molecule has 17 heavy (non-hydrogen) atoms. The number of nitrogens with zero attached hydrogens (tertiary/aromatic N) is 2. The minimum absolute atomic E-state index is 0.799. The van der Waals surface area contributed by atoms with Crippen molar-refractivity contribution in [3.63, 3.8) is 0 Å². The number of rotatable bonds is 3. The number of hydrogen-bond acceptors (Lipinski definition) is 4. The van der Waals surface area contributed by atoms with E-state index in [-0.39, 0.29) is 0 Å². The van der Waals surface area contributed by atoms with Gasteiger partial charge in [-0.15, -0.1) is 0 Å². The molecule has 0 unspecified atom stereocenters. The summed E-state index contributed by atoms with van der Waals surface area (Å²) in [5.41, 5.74) is 0. The zero-order chi connectivity index (χ0) is 13.3. The summed E-state index contributed by atoms with van der Waals surface area (Å²) in [6, 6.07) is 0. The maximum Gasteiger partial charge on any atom is 0.450 e. The molecule has 0 bridgehead atoms. The van der Waals surface area contributed by atoms with Crippen LogP contribution in [0, 0.1) is 0 Å². The van der Waals surface area contributed by atoms with Gasteiger partial charge in [-0.1, -0.05) is 5.16 Å². The first-order valence-electron chi connectivity index (χ1n) is 4.06. The lowest BCUT2D eigenvalue weighted by atomic mass is 10.3. The second-order valence-corrected chi connectivity index (χ2v) is 2.99. The van der Waals surface area contributed by atoms with Gasteiger partial charge in [0.15, 0.2) is 5.82 Å². The molecule has 0 atom stereocenters. The lowest BCUT2D eigenvalue weighted by molar-refractivity contribution is -0.170. The highest BCUT2D eigenvalue weighted by Crippen LogP contribution is 2.21. The van der Waals surface area contributed by atoms with Gasteiger partial charge in [0, 0.05) is 0 Å². The highest BCUT2D eigenvalue weighted by Gasteiger charge is 2.39. The maximum absolute atomic E-state index is 11.8. The van der Waals surface area contributed by atoms with Crippen molar-refractivity contribution < 1.29 is 35.7 Å². The first-order chi connectivity index (χ1) is 7.58. The van der Waals surface area contributed by atoms with Crippen LogP contribution in [-0.2, 0) is 17.6 Å². The largest absolute Gasteiger partial charge is 0.450 e. The maximum atomic E-state index is 11.8. The molecular weight excluding hydrogens is 258 g/mol. The van der Waals surface area contributed by atoms with E-state index >= 15 is 0 Å². The van der Waals surface area contributed by atoms with E-state index in [2.05, 4.69) is 14.7 Å². The van der Waals surface area contributed by atoms with E-state index in [4.69, 9.17) is 0 Å². The van der Waals surface area contributed by atoms with Gasteiger partial charge in [-0.2, -0.15) is 31.3 Å². The van der Waals surface area contributed by atoms with Gasteiger partial charge >= 0.3 is 12.4 Å². The number of Topliss-reactive ketones (excluding diaryl/α,β-unsaturated/α-hetero) is 1. The molecule has 1 aromatic heterocycles. The number of halogens is 6. The molecule has 0 radical (unpaired) electrons. The average molecular weight is 262 g/mol. The Labute approximate surface area is 89.6 Å². The molecule has 0 saturated carbocycles. The van der Waals surface area contributed by atoms with E-state index in [9.17, 15) is 31.1 Å². The number of aromatic nitrogens is 2. The topological polar surface area (TPSA) is 56.0 Å². The summed E-state index contributed by atoms with van der Waals surface area (Å²) >= 11 is 0. The minimum atomic E-state index is -5.08. The summed E-state index contributed by atoms with van der Waals surface area (Å²) in [6.45, 7) is 0. The van der Waals surface area contributed by atoms with Crippen molar-refractivity contribution in [2.75, 3.05) is 0 Å². The van der Waals surface area contributed by atoms with E-state index in [1.54, 1.807) is 0 Å². The predicted molar refractivity (Wildman–Crippen MR) is 38.8 cm³/mol. The standard InChI is InChI=1S/C7H4F6N2O2/c8-6(9,10)2-4-14-5(17-15-4)1-3(16)7(11,12)13/h1-2H2. The highest BCUT2D eigenvalue weighted by molar-refractivity contribution is 5.85. The molecule has 1 aromatic rings. The van der Waals surface area contributed by atoms with Crippen LogP contribution in [0.3, 0.4) is 0 Å². The molecule has 4 nitrogen and oxygen atoms in total. The molecule has 1 rings (SSSR count). The molecule has 0 N–H and O–H groups in total. The van der Waals surface area contributed by atoms with E-state index in [0.29, 0.717) is 0 Å². The highest BCUT2D eigenvalue weighted by atomic mass is 19.4. The molecule has 0 aliphatic heterocycles. The van der Waals surface area contributed by atoms with Crippen LogP contribution in [0.15, 0.2) is 4.52 Å². The minimum Gasteiger partial charge on any atom is -0.339 e. The van der Waals surface area contributed by atoms with Crippen LogP contribution >= 0.6 is 0 Å². The van der Waals surface area contributed by atoms with E-state index in [0.717, 1.165) is 0 Å². The molecular formula is C7H4F6N2O2.